The van der Waals surface area contributed by atoms with Crippen molar-refractivity contribution in [1.29, 1.82) is 0 Å². The van der Waals surface area contributed by atoms with Crippen LogP contribution >= 0.6 is 0 Å². The predicted octanol–water partition coefficient (Wildman–Crippen LogP) is 3.78. The van der Waals surface area contributed by atoms with Crippen LogP contribution in [0.3, 0.4) is 0 Å². The zero-order valence-corrected chi connectivity index (χ0v) is 12.8. The lowest BCUT2D eigenvalue weighted by Gasteiger charge is -2.10. The van der Waals surface area contributed by atoms with Gasteiger partial charge in [-0.1, -0.05) is 24.3 Å². The van der Waals surface area contributed by atoms with Gasteiger partial charge in [0.25, 0.3) is 0 Å². The largest absolute Gasteiger partial charge is 0.341 e. The summed E-state index contributed by atoms with van der Waals surface area (Å²) in [6, 6.07) is 12.7. The maximum Gasteiger partial charge on any atom is 0.121 e. The van der Waals surface area contributed by atoms with E-state index in [1.165, 1.54) is 22.3 Å². The average molecular weight is 279 g/mol. The van der Waals surface area contributed by atoms with E-state index in [1.807, 2.05) is 18.2 Å². The molecule has 0 atom stereocenters. The Balaban J connectivity index is 1.67. The number of aromatic amines is 1. The first-order valence-corrected chi connectivity index (χ1v) is 7.34. The average Bonchev–Trinajstić information content (AvgIpc) is 2.87. The summed E-state index contributed by atoms with van der Waals surface area (Å²) in [4.78, 5) is 7.92. The molecule has 1 heterocycles. The van der Waals surface area contributed by atoms with Crippen LogP contribution in [0.2, 0.25) is 0 Å². The molecule has 0 saturated heterocycles. The van der Waals surface area contributed by atoms with E-state index in [0.717, 1.165) is 29.9 Å². The van der Waals surface area contributed by atoms with Gasteiger partial charge < -0.3 is 10.3 Å². The van der Waals surface area contributed by atoms with E-state index >= 15 is 0 Å². The number of para-hydroxylation sites is 2. The minimum Gasteiger partial charge on any atom is -0.341 e. The van der Waals surface area contributed by atoms with Crippen molar-refractivity contribution in [1.82, 2.24) is 15.3 Å². The van der Waals surface area contributed by atoms with Crippen molar-refractivity contribution in [3.63, 3.8) is 0 Å². The Labute approximate surface area is 125 Å². The molecule has 3 rings (SSSR count). The molecule has 2 aromatic carbocycles. The highest BCUT2D eigenvalue weighted by Gasteiger charge is 2.04. The van der Waals surface area contributed by atoms with Gasteiger partial charge in [-0.15, -0.1) is 0 Å². The maximum atomic E-state index is 4.58. The number of hydrogen-bond donors (Lipinski definition) is 2. The summed E-state index contributed by atoms with van der Waals surface area (Å²) in [7, 11) is 0. The van der Waals surface area contributed by atoms with Crippen LogP contribution < -0.4 is 5.32 Å². The van der Waals surface area contributed by atoms with Crippen molar-refractivity contribution in [2.24, 2.45) is 0 Å². The van der Waals surface area contributed by atoms with E-state index in [-0.39, 0.29) is 0 Å². The Bertz CT molecular complexity index is 738. The number of aryl methyl sites for hydroxylation is 3. The first-order valence-electron chi connectivity index (χ1n) is 7.34. The highest BCUT2D eigenvalue weighted by atomic mass is 15.0. The molecule has 0 saturated carbocycles. The summed E-state index contributed by atoms with van der Waals surface area (Å²) >= 11 is 0. The minimum atomic E-state index is 0.751. The molecule has 3 nitrogen and oxygen atoms in total. The lowest BCUT2D eigenvalue weighted by atomic mass is 10.0. The fraction of sp³-hybridized carbons (Fsp3) is 0.278. The van der Waals surface area contributed by atoms with Crippen molar-refractivity contribution in [3.05, 3.63) is 64.5 Å². The summed E-state index contributed by atoms with van der Waals surface area (Å²) in [5.41, 5.74) is 7.52. The highest BCUT2D eigenvalue weighted by Crippen LogP contribution is 2.15. The molecule has 0 bridgehead atoms. The summed E-state index contributed by atoms with van der Waals surface area (Å²) < 4.78 is 0. The minimum absolute atomic E-state index is 0.751. The Morgan fingerprint density at radius 3 is 2.52 bits per heavy atom. The molecule has 0 aliphatic rings. The SMILES string of the molecule is Cc1cc(C)c(CNCc2nc3ccccc3[nH]2)cc1C. The summed E-state index contributed by atoms with van der Waals surface area (Å²) in [6.45, 7) is 8.11. The van der Waals surface area contributed by atoms with Crippen molar-refractivity contribution in [2.45, 2.75) is 33.9 Å². The first-order chi connectivity index (χ1) is 10.1. The lowest BCUT2D eigenvalue weighted by molar-refractivity contribution is 0.667. The van der Waals surface area contributed by atoms with Gasteiger partial charge in [-0.3, -0.25) is 0 Å². The molecule has 108 valence electrons. The Morgan fingerprint density at radius 2 is 1.71 bits per heavy atom. The number of H-pyrrole nitrogens is 1. The van der Waals surface area contributed by atoms with Gasteiger partial charge >= 0.3 is 0 Å². The fourth-order valence-corrected chi connectivity index (χ4v) is 2.62. The van der Waals surface area contributed by atoms with Gasteiger partial charge in [-0.2, -0.15) is 0 Å². The summed E-state index contributed by atoms with van der Waals surface area (Å²) in [5.74, 6) is 0.984. The van der Waals surface area contributed by atoms with E-state index in [0.29, 0.717) is 0 Å². The quantitative estimate of drug-likeness (QED) is 0.763. The van der Waals surface area contributed by atoms with E-state index in [1.54, 1.807) is 0 Å². The zero-order valence-electron chi connectivity index (χ0n) is 12.8. The lowest BCUT2D eigenvalue weighted by Crippen LogP contribution is -2.14. The predicted molar refractivity (Wildman–Crippen MR) is 87.3 cm³/mol. The molecule has 2 N–H and O–H groups in total. The second kappa shape index (κ2) is 5.70. The topological polar surface area (TPSA) is 40.7 Å². The van der Waals surface area contributed by atoms with E-state index in [4.69, 9.17) is 0 Å². The molecule has 0 spiro atoms. The Kier molecular flexibility index (Phi) is 3.76. The normalized spacial score (nSPS) is 11.2. The third-order valence-electron chi connectivity index (χ3n) is 4.00. The van der Waals surface area contributed by atoms with E-state index < -0.39 is 0 Å². The van der Waals surface area contributed by atoms with Crippen molar-refractivity contribution < 1.29 is 0 Å². The van der Waals surface area contributed by atoms with Crippen LogP contribution in [0.5, 0.6) is 0 Å². The van der Waals surface area contributed by atoms with Crippen LogP contribution in [0.25, 0.3) is 11.0 Å². The molecule has 0 radical (unpaired) electrons. The monoisotopic (exact) mass is 279 g/mol. The van der Waals surface area contributed by atoms with Gasteiger partial charge in [0.05, 0.1) is 17.6 Å². The molecule has 1 aromatic heterocycles. The molecular formula is C18H21N3. The number of rotatable bonds is 4. The third-order valence-corrected chi connectivity index (χ3v) is 4.00. The molecule has 3 heteroatoms. The summed E-state index contributed by atoms with van der Waals surface area (Å²) in [5, 5.41) is 3.47. The standard InChI is InChI=1S/C18H21N3/c1-12-8-14(3)15(9-13(12)2)10-19-11-18-20-16-6-4-5-7-17(16)21-18/h4-9,19H,10-11H2,1-3H3,(H,20,21). The Morgan fingerprint density at radius 1 is 0.952 bits per heavy atom. The number of hydrogen-bond acceptors (Lipinski definition) is 2. The number of benzene rings is 2. The maximum absolute atomic E-state index is 4.58. The number of fused-ring (bicyclic) bond motifs is 1. The highest BCUT2D eigenvalue weighted by molar-refractivity contribution is 5.74. The third kappa shape index (κ3) is 2.98. The number of nitrogens with zero attached hydrogens (tertiary/aromatic N) is 1. The molecule has 3 aromatic rings. The van der Waals surface area contributed by atoms with Gasteiger partial charge in [0.1, 0.15) is 5.82 Å². The molecular weight excluding hydrogens is 258 g/mol. The number of aromatic nitrogens is 2. The van der Waals surface area contributed by atoms with Crippen molar-refractivity contribution in [3.8, 4) is 0 Å². The second-order valence-corrected chi connectivity index (χ2v) is 5.67. The van der Waals surface area contributed by atoms with Gasteiger partial charge in [0.15, 0.2) is 0 Å². The zero-order chi connectivity index (χ0) is 14.8. The van der Waals surface area contributed by atoms with Crippen LogP contribution in [0, 0.1) is 20.8 Å². The Hall–Kier alpha value is -2.13. The van der Waals surface area contributed by atoms with Gasteiger partial charge in [-0.25, -0.2) is 4.98 Å². The molecule has 0 aliphatic heterocycles. The molecule has 0 fully saturated rings. The van der Waals surface area contributed by atoms with Crippen molar-refractivity contribution >= 4 is 11.0 Å². The smallest absolute Gasteiger partial charge is 0.121 e. The van der Waals surface area contributed by atoms with Crippen LogP contribution in [-0.2, 0) is 13.1 Å². The molecule has 0 aliphatic carbocycles. The molecule has 21 heavy (non-hydrogen) atoms. The van der Waals surface area contributed by atoms with Crippen LogP contribution in [0.1, 0.15) is 28.1 Å². The number of imidazole rings is 1. The number of nitrogens with one attached hydrogen (secondary N) is 2. The van der Waals surface area contributed by atoms with Crippen LogP contribution in [0.4, 0.5) is 0 Å². The van der Waals surface area contributed by atoms with Gasteiger partial charge in [0, 0.05) is 6.54 Å². The first kappa shape index (κ1) is 13.8. The molecule has 0 unspecified atom stereocenters. The van der Waals surface area contributed by atoms with Crippen molar-refractivity contribution in [2.75, 3.05) is 0 Å². The summed E-state index contributed by atoms with van der Waals surface area (Å²) in [6.07, 6.45) is 0. The van der Waals surface area contributed by atoms with Gasteiger partial charge in [-0.05, 0) is 55.2 Å². The van der Waals surface area contributed by atoms with Crippen LogP contribution in [0.15, 0.2) is 36.4 Å². The second-order valence-electron chi connectivity index (χ2n) is 5.67. The molecule has 0 amide bonds. The fourth-order valence-electron chi connectivity index (χ4n) is 2.62. The van der Waals surface area contributed by atoms with Crippen LogP contribution in [-0.4, -0.2) is 9.97 Å². The van der Waals surface area contributed by atoms with Gasteiger partial charge in [0.2, 0.25) is 0 Å². The van der Waals surface area contributed by atoms with E-state index in [9.17, 15) is 0 Å². The van der Waals surface area contributed by atoms with E-state index in [2.05, 4.69) is 54.3 Å².